The van der Waals surface area contributed by atoms with Crippen molar-refractivity contribution in [3.8, 4) is 6.07 Å². The molecule has 1 aliphatic heterocycles. The first-order valence-corrected chi connectivity index (χ1v) is 4.88. The van der Waals surface area contributed by atoms with Gasteiger partial charge in [-0.2, -0.15) is 5.26 Å². The monoisotopic (exact) mass is 186 g/mol. The maximum atomic E-state index is 8.76. The van der Waals surface area contributed by atoms with Crippen LogP contribution >= 0.6 is 0 Å². The second kappa shape index (κ2) is 3.02. The van der Waals surface area contributed by atoms with Gasteiger partial charge in [-0.25, -0.2) is 0 Å². The molecule has 14 heavy (non-hydrogen) atoms. The minimum absolute atomic E-state index is 0.321. The normalized spacial score (nSPS) is 17.8. The van der Waals surface area contributed by atoms with Crippen LogP contribution in [0.25, 0.3) is 0 Å². The van der Waals surface area contributed by atoms with E-state index in [0.29, 0.717) is 5.41 Å². The van der Waals surface area contributed by atoms with Crippen molar-refractivity contribution in [2.24, 2.45) is 5.41 Å². The molecule has 1 heterocycles. The van der Waals surface area contributed by atoms with Crippen LogP contribution < -0.4 is 5.32 Å². The summed E-state index contributed by atoms with van der Waals surface area (Å²) in [5.41, 5.74) is 3.50. The Morgan fingerprint density at radius 1 is 1.43 bits per heavy atom. The van der Waals surface area contributed by atoms with E-state index in [0.717, 1.165) is 24.2 Å². The lowest BCUT2D eigenvalue weighted by atomic mass is 9.82. The molecule has 0 saturated carbocycles. The smallest absolute Gasteiger partial charge is 0.0992 e. The summed E-state index contributed by atoms with van der Waals surface area (Å²) in [6, 6.07) is 8.04. The fraction of sp³-hybridized carbons (Fsp3) is 0.417. The van der Waals surface area contributed by atoms with Gasteiger partial charge in [0.15, 0.2) is 0 Å². The third kappa shape index (κ3) is 1.58. The summed E-state index contributed by atoms with van der Waals surface area (Å²) in [6.07, 6.45) is 1.08. The Morgan fingerprint density at radius 3 is 2.93 bits per heavy atom. The predicted octanol–water partition coefficient (Wildman–Crippen LogP) is 2.55. The molecule has 72 valence electrons. The van der Waals surface area contributed by atoms with E-state index in [-0.39, 0.29) is 0 Å². The lowest BCUT2D eigenvalue weighted by molar-refractivity contribution is 0.379. The predicted molar refractivity (Wildman–Crippen MR) is 57.1 cm³/mol. The topological polar surface area (TPSA) is 35.8 Å². The van der Waals surface area contributed by atoms with Gasteiger partial charge in [-0.3, -0.25) is 0 Å². The Kier molecular flexibility index (Phi) is 1.96. The van der Waals surface area contributed by atoms with Crippen molar-refractivity contribution in [3.05, 3.63) is 29.3 Å². The molecule has 0 aliphatic carbocycles. The van der Waals surface area contributed by atoms with Gasteiger partial charge in [0.05, 0.1) is 11.6 Å². The zero-order chi connectivity index (χ0) is 10.2. The fourth-order valence-electron chi connectivity index (χ4n) is 1.88. The van der Waals surface area contributed by atoms with Gasteiger partial charge in [0, 0.05) is 12.2 Å². The van der Waals surface area contributed by atoms with Gasteiger partial charge < -0.3 is 5.32 Å². The molecule has 0 radical (unpaired) electrons. The van der Waals surface area contributed by atoms with Crippen LogP contribution in [0.3, 0.4) is 0 Å². The Labute approximate surface area is 84.6 Å². The molecule has 2 heteroatoms. The first-order chi connectivity index (χ1) is 6.61. The summed E-state index contributed by atoms with van der Waals surface area (Å²) < 4.78 is 0. The summed E-state index contributed by atoms with van der Waals surface area (Å²) in [6.45, 7) is 5.48. The molecular weight excluding hydrogens is 172 g/mol. The zero-order valence-corrected chi connectivity index (χ0v) is 8.59. The van der Waals surface area contributed by atoms with E-state index in [1.807, 2.05) is 12.1 Å². The Morgan fingerprint density at radius 2 is 2.21 bits per heavy atom. The van der Waals surface area contributed by atoms with Crippen LogP contribution in [0.1, 0.15) is 25.0 Å². The molecule has 2 rings (SSSR count). The lowest BCUT2D eigenvalue weighted by Crippen LogP contribution is -2.30. The molecule has 1 aromatic rings. The Balaban J connectivity index is 2.38. The van der Waals surface area contributed by atoms with E-state index in [2.05, 4.69) is 31.3 Å². The van der Waals surface area contributed by atoms with Gasteiger partial charge in [-0.1, -0.05) is 19.9 Å². The van der Waals surface area contributed by atoms with E-state index < -0.39 is 0 Å². The molecule has 0 bridgehead atoms. The van der Waals surface area contributed by atoms with Crippen LogP contribution in [-0.4, -0.2) is 6.54 Å². The van der Waals surface area contributed by atoms with Gasteiger partial charge >= 0.3 is 0 Å². The largest absolute Gasteiger partial charge is 0.384 e. The molecule has 1 aromatic carbocycles. The Bertz CT molecular complexity index is 399. The standard InChI is InChI=1S/C12H14N2/c1-12(2)6-10-4-3-9(7-13)5-11(10)14-8-12/h3-5,14H,6,8H2,1-2H3. The first kappa shape index (κ1) is 9.08. The molecule has 2 nitrogen and oxygen atoms in total. The van der Waals surface area contributed by atoms with Crippen molar-refractivity contribution in [1.82, 2.24) is 0 Å². The van der Waals surface area contributed by atoms with Crippen molar-refractivity contribution in [2.45, 2.75) is 20.3 Å². The lowest BCUT2D eigenvalue weighted by Gasteiger charge is -2.32. The quantitative estimate of drug-likeness (QED) is 0.676. The van der Waals surface area contributed by atoms with E-state index in [1.54, 1.807) is 0 Å². The first-order valence-electron chi connectivity index (χ1n) is 4.88. The average molecular weight is 186 g/mol. The highest BCUT2D eigenvalue weighted by Crippen LogP contribution is 2.32. The molecule has 0 fully saturated rings. The van der Waals surface area contributed by atoms with Crippen molar-refractivity contribution >= 4 is 5.69 Å². The number of nitriles is 1. The summed E-state index contributed by atoms with van der Waals surface area (Å²) >= 11 is 0. The van der Waals surface area contributed by atoms with Crippen LogP contribution in [-0.2, 0) is 6.42 Å². The third-order valence-electron chi connectivity index (χ3n) is 2.67. The molecule has 0 saturated heterocycles. The van der Waals surface area contributed by atoms with Crippen LogP contribution in [0.15, 0.2) is 18.2 Å². The summed E-state index contributed by atoms with van der Waals surface area (Å²) in [5, 5.41) is 12.1. The van der Waals surface area contributed by atoms with Gasteiger partial charge in [-0.05, 0) is 29.5 Å². The number of rotatable bonds is 0. The number of hydrogen-bond donors (Lipinski definition) is 1. The minimum atomic E-state index is 0.321. The van der Waals surface area contributed by atoms with Gasteiger partial charge in [0.25, 0.3) is 0 Å². The molecule has 0 unspecified atom stereocenters. The molecular formula is C12H14N2. The van der Waals surface area contributed by atoms with Gasteiger partial charge in [0.1, 0.15) is 0 Å². The molecule has 1 N–H and O–H groups in total. The van der Waals surface area contributed by atoms with Crippen molar-refractivity contribution in [1.29, 1.82) is 5.26 Å². The number of nitrogens with one attached hydrogen (secondary N) is 1. The van der Waals surface area contributed by atoms with Gasteiger partial charge in [-0.15, -0.1) is 0 Å². The molecule has 0 atom stereocenters. The SMILES string of the molecule is CC1(C)CNc2cc(C#N)ccc2C1. The van der Waals surface area contributed by atoms with Crippen LogP contribution in [0.4, 0.5) is 5.69 Å². The van der Waals surface area contributed by atoms with Crippen molar-refractivity contribution < 1.29 is 0 Å². The molecule has 1 aliphatic rings. The molecule has 0 aromatic heterocycles. The van der Waals surface area contributed by atoms with Crippen molar-refractivity contribution in [2.75, 3.05) is 11.9 Å². The fourth-order valence-corrected chi connectivity index (χ4v) is 1.88. The Hall–Kier alpha value is -1.49. The number of fused-ring (bicyclic) bond motifs is 1. The van der Waals surface area contributed by atoms with E-state index >= 15 is 0 Å². The van der Waals surface area contributed by atoms with Crippen LogP contribution in [0.5, 0.6) is 0 Å². The van der Waals surface area contributed by atoms with E-state index in [4.69, 9.17) is 5.26 Å². The highest BCUT2D eigenvalue weighted by Gasteiger charge is 2.24. The summed E-state index contributed by atoms with van der Waals surface area (Å²) in [5.74, 6) is 0. The third-order valence-corrected chi connectivity index (χ3v) is 2.67. The zero-order valence-electron chi connectivity index (χ0n) is 8.59. The number of nitrogens with zero attached hydrogens (tertiary/aromatic N) is 1. The van der Waals surface area contributed by atoms with E-state index in [9.17, 15) is 0 Å². The number of benzene rings is 1. The maximum absolute atomic E-state index is 8.76. The highest BCUT2D eigenvalue weighted by molar-refractivity contribution is 5.57. The van der Waals surface area contributed by atoms with Crippen LogP contribution in [0, 0.1) is 16.7 Å². The van der Waals surface area contributed by atoms with Gasteiger partial charge in [0.2, 0.25) is 0 Å². The summed E-state index contributed by atoms with van der Waals surface area (Å²) in [4.78, 5) is 0. The average Bonchev–Trinajstić information content (AvgIpc) is 2.16. The van der Waals surface area contributed by atoms with E-state index in [1.165, 1.54) is 5.56 Å². The second-order valence-electron chi connectivity index (χ2n) is 4.68. The maximum Gasteiger partial charge on any atom is 0.0992 e. The number of hydrogen-bond acceptors (Lipinski definition) is 2. The number of anilines is 1. The highest BCUT2D eigenvalue weighted by atomic mass is 14.9. The molecule has 0 amide bonds. The van der Waals surface area contributed by atoms with Crippen molar-refractivity contribution in [3.63, 3.8) is 0 Å². The second-order valence-corrected chi connectivity index (χ2v) is 4.68. The minimum Gasteiger partial charge on any atom is -0.384 e. The van der Waals surface area contributed by atoms with Crippen LogP contribution in [0.2, 0.25) is 0 Å². The molecule has 0 spiro atoms. The summed E-state index contributed by atoms with van der Waals surface area (Å²) in [7, 11) is 0.